The van der Waals surface area contributed by atoms with Crippen molar-refractivity contribution in [2.45, 2.75) is 38.7 Å². The van der Waals surface area contributed by atoms with Crippen LogP contribution in [0.3, 0.4) is 0 Å². The first-order valence-corrected chi connectivity index (χ1v) is 6.98. The molecule has 0 saturated carbocycles. The molecule has 0 heterocycles. The van der Waals surface area contributed by atoms with Crippen molar-refractivity contribution in [1.29, 1.82) is 0 Å². The third-order valence-corrected chi connectivity index (χ3v) is 3.49. The van der Waals surface area contributed by atoms with Crippen molar-refractivity contribution in [2.75, 3.05) is 7.11 Å². The first kappa shape index (κ1) is 14.8. The molecular weight excluding hydrogens is 303 g/mol. The summed E-state index contributed by atoms with van der Waals surface area (Å²) in [5.41, 5.74) is 0.753. The summed E-state index contributed by atoms with van der Waals surface area (Å²) in [4.78, 5) is 0. The zero-order chi connectivity index (χ0) is 12.8. The molecule has 0 bridgehead atoms. The van der Waals surface area contributed by atoms with Crippen molar-refractivity contribution >= 4 is 27.5 Å². The summed E-state index contributed by atoms with van der Waals surface area (Å²) in [6.07, 6.45) is 3.48. The molecule has 1 unspecified atom stereocenters. The minimum atomic E-state index is -0.522. The molecule has 1 aromatic carbocycles. The van der Waals surface area contributed by atoms with Gasteiger partial charge in [-0.15, -0.1) is 0 Å². The first-order valence-electron chi connectivity index (χ1n) is 5.81. The monoisotopic (exact) mass is 320 g/mol. The summed E-state index contributed by atoms with van der Waals surface area (Å²) in [5, 5.41) is 10.7. The molecular formula is C13H18BrClO2. The van der Waals surface area contributed by atoms with Crippen LogP contribution in [0.25, 0.3) is 0 Å². The Kier molecular flexibility index (Phi) is 6.31. The predicted molar refractivity (Wildman–Crippen MR) is 74.8 cm³/mol. The molecule has 0 amide bonds. The Morgan fingerprint density at radius 1 is 1.41 bits per heavy atom. The molecule has 17 heavy (non-hydrogen) atoms. The Balaban J connectivity index is 2.87. The van der Waals surface area contributed by atoms with E-state index in [1.54, 1.807) is 19.2 Å². The molecule has 0 saturated heterocycles. The van der Waals surface area contributed by atoms with Gasteiger partial charge in [0.2, 0.25) is 0 Å². The van der Waals surface area contributed by atoms with Crippen LogP contribution in [0.5, 0.6) is 5.75 Å². The highest BCUT2D eigenvalue weighted by Crippen LogP contribution is 2.37. The van der Waals surface area contributed by atoms with Crippen molar-refractivity contribution < 1.29 is 9.84 Å². The maximum absolute atomic E-state index is 10.1. The summed E-state index contributed by atoms with van der Waals surface area (Å²) in [5.74, 6) is 0.665. The molecule has 96 valence electrons. The van der Waals surface area contributed by atoms with Crippen LogP contribution in [-0.4, -0.2) is 12.2 Å². The highest BCUT2D eigenvalue weighted by atomic mass is 79.9. The predicted octanol–water partition coefficient (Wildman–Crippen LogP) is 4.72. The minimum absolute atomic E-state index is 0.522. The maximum Gasteiger partial charge on any atom is 0.138 e. The average Bonchev–Trinajstić information content (AvgIpc) is 2.28. The Morgan fingerprint density at radius 2 is 2.12 bits per heavy atom. The van der Waals surface area contributed by atoms with Crippen molar-refractivity contribution in [2.24, 2.45) is 0 Å². The van der Waals surface area contributed by atoms with Gasteiger partial charge in [0.1, 0.15) is 5.75 Å². The number of hydrogen-bond donors (Lipinski definition) is 1. The lowest BCUT2D eigenvalue weighted by Crippen LogP contribution is -2.01. The van der Waals surface area contributed by atoms with E-state index < -0.39 is 6.10 Å². The van der Waals surface area contributed by atoms with Gasteiger partial charge in [-0.2, -0.15) is 0 Å². The van der Waals surface area contributed by atoms with Gasteiger partial charge in [0.05, 0.1) is 17.7 Å². The number of hydrogen-bond acceptors (Lipinski definition) is 2. The number of rotatable bonds is 6. The molecule has 0 fully saturated rings. The Labute approximate surface area is 116 Å². The van der Waals surface area contributed by atoms with Crippen molar-refractivity contribution in [3.05, 3.63) is 27.2 Å². The van der Waals surface area contributed by atoms with Crippen LogP contribution in [-0.2, 0) is 0 Å². The van der Waals surface area contributed by atoms with Gasteiger partial charge in [0, 0.05) is 10.6 Å². The molecule has 1 atom stereocenters. The van der Waals surface area contributed by atoms with E-state index in [1.807, 2.05) is 0 Å². The SMILES string of the molecule is CCCCCC(O)c1cc(Cl)cc(Br)c1OC. The topological polar surface area (TPSA) is 29.5 Å². The molecule has 1 aromatic rings. The number of benzene rings is 1. The van der Waals surface area contributed by atoms with Crippen LogP contribution < -0.4 is 4.74 Å². The largest absolute Gasteiger partial charge is 0.495 e. The van der Waals surface area contributed by atoms with E-state index in [1.165, 1.54) is 0 Å². The van der Waals surface area contributed by atoms with E-state index >= 15 is 0 Å². The smallest absolute Gasteiger partial charge is 0.138 e. The van der Waals surface area contributed by atoms with Crippen LogP contribution in [0.15, 0.2) is 16.6 Å². The van der Waals surface area contributed by atoms with Gasteiger partial charge in [-0.1, -0.05) is 37.8 Å². The van der Waals surface area contributed by atoms with E-state index in [4.69, 9.17) is 16.3 Å². The summed E-state index contributed by atoms with van der Waals surface area (Å²) in [6, 6.07) is 3.53. The Morgan fingerprint density at radius 3 is 2.71 bits per heavy atom. The van der Waals surface area contributed by atoms with E-state index in [0.717, 1.165) is 35.7 Å². The second kappa shape index (κ2) is 7.24. The molecule has 2 nitrogen and oxygen atoms in total. The zero-order valence-corrected chi connectivity index (χ0v) is 12.5. The summed E-state index contributed by atoms with van der Waals surface area (Å²) in [6.45, 7) is 2.14. The maximum atomic E-state index is 10.1. The van der Waals surface area contributed by atoms with Crippen LogP contribution >= 0.6 is 27.5 Å². The fourth-order valence-electron chi connectivity index (χ4n) is 1.79. The summed E-state index contributed by atoms with van der Waals surface area (Å²) >= 11 is 9.38. The molecule has 0 spiro atoms. The number of aliphatic hydroxyl groups is 1. The second-order valence-electron chi connectivity index (χ2n) is 4.02. The van der Waals surface area contributed by atoms with Crippen molar-refractivity contribution in [1.82, 2.24) is 0 Å². The third-order valence-electron chi connectivity index (χ3n) is 2.68. The molecule has 1 rings (SSSR count). The molecule has 0 aromatic heterocycles. The average molecular weight is 322 g/mol. The zero-order valence-electron chi connectivity index (χ0n) is 10.2. The lowest BCUT2D eigenvalue weighted by Gasteiger charge is -2.16. The minimum Gasteiger partial charge on any atom is -0.495 e. The number of unbranched alkanes of at least 4 members (excludes halogenated alkanes) is 2. The molecule has 0 radical (unpaired) electrons. The lowest BCUT2D eigenvalue weighted by molar-refractivity contribution is 0.159. The fraction of sp³-hybridized carbons (Fsp3) is 0.538. The van der Waals surface area contributed by atoms with Crippen LogP contribution in [0.4, 0.5) is 0 Å². The van der Waals surface area contributed by atoms with Gasteiger partial charge < -0.3 is 9.84 Å². The fourth-order valence-corrected chi connectivity index (χ4v) is 2.78. The van der Waals surface area contributed by atoms with Gasteiger partial charge in [-0.05, 0) is 34.5 Å². The summed E-state index contributed by atoms with van der Waals surface area (Å²) < 4.78 is 6.07. The van der Waals surface area contributed by atoms with Crippen LogP contribution in [0, 0.1) is 0 Å². The Hall–Kier alpha value is -0.250. The molecule has 0 aliphatic carbocycles. The van der Waals surface area contributed by atoms with Crippen molar-refractivity contribution in [3.8, 4) is 5.75 Å². The van der Waals surface area contributed by atoms with E-state index in [-0.39, 0.29) is 0 Å². The lowest BCUT2D eigenvalue weighted by atomic mass is 10.0. The first-order chi connectivity index (χ1) is 8.10. The van der Waals surface area contributed by atoms with Gasteiger partial charge in [0.15, 0.2) is 0 Å². The second-order valence-corrected chi connectivity index (χ2v) is 5.31. The highest BCUT2D eigenvalue weighted by Gasteiger charge is 2.16. The standard InChI is InChI=1S/C13H18BrClO2/c1-3-4-5-6-12(16)10-7-9(15)8-11(14)13(10)17-2/h7-8,12,16H,3-6H2,1-2H3. The van der Waals surface area contributed by atoms with Gasteiger partial charge in [-0.25, -0.2) is 0 Å². The molecule has 0 aliphatic rings. The molecule has 4 heteroatoms. The third kappa shape index (κ3) is 4.16. The number of halogens is 2. The Bertz CT molecular complexity index is 369. The summed E-state index contributed by atoms with van der Waals surface area (Å²) in [7, 11) is 1.59. The number of aliphatic hydroxyl groups excluding tert-OH is 1. The highest BCUT2D eigenvalue weighted by molar-refractivity contribution is 9.10. The van der Waals surface area contributed by atoms with E-state index in [9.17, 15) is 5.11 Å². The van der Waals surface area contributed by atoms with Gasteiger partial charge in [-0.3, -0.25) is 0 Å². The van der Waals surface area contributed by atoms with Gasteiger partial charge >= 0.3 is 0 Å². The normalized spacial score (nSPS) is 12.5. The van der Waals surface area contributed by atoms with Crippen molar-refractivity contribution in [3.63, 3.8) is 0 Å². The molecule has 1 N–H and O–H groups in total. The van der Waals surface area contributed by atoms with Crippen LogP contribution in [0.1, 0.15) is 44.3 Å². The van der Waals surface area contributed by atoms with E-state index in [0.29, 0.717) is 10.8 Å². The van der Waals surface area contributed by atoms with Crippen LogP contribution in [0.2, 0.25) is 5.02 Å². The number of ether oxygens (including phenoxy) is 1. The quantitative estimate of drug-likeness (QED) is 0.768. The molecule has 0 aliphatic heterocycles. The number of methoxy groups -OCH3 is 1. The van der Waals surface area contributed by atoms with E-state index in [2.05, 4.69) is 22.9 Å². The van der Waals surface area contributed by atoms with Gasteiger partial charge in [0.25, 0.3) is 0 Å².